The molecule has 1 heterocycles. The molecule has 0 bridgehead atoms. The van der Waals surface area contributed by atoms with Gasteiger partial charge in [-0.25, -0.2) is 0 Å². The quantitative estimate of drug-likeness (QED) is 0.822. The lowest BCUT2D eigenvalue weighted by molar-refractivity contribution is 0.273. The maximum Gasteiger partial charge on any atom is 0.121 e. The summed E-state index contributed by atoms with van der Waals surface area (Å²) in [6.07, 6.45) is 0. The first-order valence-corrected chi connectivity index (χ1v) is 7.27. The fourth-order valence-electron chi connectivity index (χ4n) is 2.06. The molecule has 0 amide bonds. The van der Waals surface area contributed by atoms with E-state index in [2.05, 4.69) is 29.3 Å². The van der Waals surface area contributed by atoms with E-state index in [0.29, 0.717) is 0 Å². The Kier molecular flexibility index (Phi) is 4.82. The van der Waals surface area contributed by atoms with Crippen molar-refractivity contribution in [3.63, 3.8) is 0 Å². The highest BCUT2D eigenvalue weighted by molar-refractivity contribution is 7.09. The molecule has 1 aromatic heterocycles. The minimum absolute atomic E-state index is 0.751. The van der Waals surface area contributed by atoms with E-state index in [1.165, 1.54) is 10.4 Å². The summed E-state index contributed by atoms with van der Waals surface area (Å²) < 4.78 is 5.26. The van der Waals surface area contributed by atoms with Crippen molar-refractivity contribution in [2.45, 2.75) is 20.0 Å². The molecule has 0 saturated carbocycles. The van der Waals surface area contributed by atoms with Crippen LogP contribution in [0.1, 0.15) is 17.4 Å². The lowest BCUT2D eigenvalue weighted by atomic mass is 10.1. The van der Waals surface area contributed by atoms with E-state index in [-0.39, 0.29) is 0 Å². The molecule has 2 N–H and O–H groups in total. The van der Waals surface area contributed by atoms with Gasteiger partial charge in [-0.1, -0.05) is 13.0 Å². The van der Waals surface area contributed by atoms with Crippen LogP contribution in [-0.2, 0) is 13.1 Å². The molecule has 1 aromatic carbocycles. The van der Waals surface area contributed by atoms with Crippen LogP contribution in [0.2, 0.25) is 0 Å². The largest absolute Gasteiger partial charge is 0.497 e. The molecule has 0 fully saturated rings. The molecular formula is C15H20N2OS. The highest BCUT2D eigenvalue weighted by Crippen LogP contribution is 2.21. The molecule has 0 atom stereocenters. The van der Waals surface area contributed by atoms with Crippen LogP contribution in [0.3, 0.4) is 0 Å². The van der Waals surface area contributed by atoms with Crippen LogP contribution in [0.15, 0.2) is 35.7 Å². The van der Waals surface area contributed by atoms with Crippen molar-refractivity contribution in [1.82, 2.24) is 4.90 Å². The van der Waals surface area contributed by atoms with Gasteiger partial charge in [0, 0.05) is 29.7 Å². The molecule has 0 aliphatic heterocycles. The molecule has 2 rings (SSSR count). The van der Waals surface area contributed by atoms with Gasteiger partial charge in [0.25, 0.3) is 0 Å². The van der Waals surface area contributed by atoms with Crippen molar-refractivity contribution >= 4 is 17.0 Å². The van der Waals surface area contributed by atoms with Crippen molar-refractivity contribution in [1.29, 1.82) is 0 Å². The minimum atomic E-state index is 0.751. The number of thiophene rings is 1. The second-order valence-corrected chi connectivity index (χ2v) is 5.53. The molecule has 0 aliphatic rings. The molecule has 0 radical (unpaired) electrons. The molecule has 4 heteroatoms. The van der Waals surface area contributed by atoms with Gasteiger partial charge in [-0.05, 0) is 35.7 Å². The summed E-state index contributed by atoms with van der Waals surface area (Å²) in [7, 11) is 1.67. The molecule has 0 saturated heterocycles. The first-order chi connectivity index (χ1) is 9.21. The SMILES string of the molecule is CCN(Cc1cc(N)cc(OC)c1)Cc1cccs1. The lowest BCUT2D eigenvalue weighted by Gasteiger charge is -2.20. The van der Waals surface area contributed by atoms with E-state index in [9.17, 15) is 0 Å². The summed E-state index contributed by atoms with van der Waals surface area (Å²) in [5, 5.41) is 2.12. The lowest BCUT2D eigenvalue weighted by Crippen LogP contribution is -2.21. The fraction of sp³-hybridized carbons (Fsp3) is 0.333. The number of ether oxygens (including phenoxy) is 1. The topological polar surface area (TPSA) is 38.5 Å². The van der Waals surface area contributed by atoms with E-state index in [0.717, 1.165) is 31.1 Å². The number of nitrogens with zero attached hydrogens (tertiary/aromatic N) is 1. The van der Waals surface area contributed by atoms with Gasteiger partial charge in [-0.15, -0.1) is 11.3 Å². The van der Waals surface area contributed by atoms with Crippen LogP contribution in [0.5, 0.6) is 5.75 Å². The maximum absolute atomic E-state index is 5.89. The van der Waals surface area contributed by atoms with Gasteiger partial charge in [0.05, 0.1) is 7.11 Å². The molecule has 0 aliphatic carbocycles. The Morgan fingerprint density at radius 2 is 2.11 bits per heavy atom. The third kappa shape index (κ3) is 3.98. The third-order valence-electron chi connectivity index (χ3n) is 3.04. The zero-order chi connectivity index (χ0) is 13.7. The van der Waals surface area contributed by atoms with E-state index in [1.807, 2.05) is 18.2 Å². The second-order valence-electron chi connectivity index (χ2n) is 4.50. The van der Waals surface area contributed by atoms with Gasteiger partial charge in [0.1, 0.15) is 5.75 Å². The molecule has 0 unspecified atom stereocenters. The monoisotopic (exact) mass is 276 g/mol. The zero-order valence-corrected chi connectivity index (χ0v) is 12.2. The summed E-state index contributed by atoms with van der Waals surface area (Å²) in [5.41, 5.74) is 7.83. The van der Waals surface area contributed by atoms with E-state index in [1.54, 1.807) is 18.4 Å². The van der Waals surface area contributed by atoms with Crippen molar-refractivity contribution in [3.05, 3.63) is 46.2 Å². The zero-order valence-electron chi connectivity index (χ0n) is 11.4. The Bertz CT molecular complexity index is 511. The first kappa shape index (κ1) is 13.9. The average Bonchev–Trinajstić information content (AvgIpc) is 2.90. The number of nitrogen functional groups attached to an aromatic ring is 1. The summed E-state index contributed by atoms with van der Waals surface area (Å²) in [4.78, 5) is 3.78. The number of hydrogen-bond donors (Lipinski definition) is 1. The molecule has 102 valence electrons. The van der Waals surface area contributed by atoms with Crippen LogP contribution in [0.4, 0.5) is 5.69 Å². The summed E-state index contributed by atoms with van der Waals surface area (Å²) in [5.74, 6) is 0.821. The van der Waals surface area contributed by atoms with Gasteiger partial charge >= 0.3 is 0 Å². The number of benzene rings is 1. The van der Waals surface area contributed by atoms with Crippen molar-refractivity contribution in [2.24, 2.45) is 0 Å². The molecule has 0 spiro atoms. The van der Waals surface area contributed by atoms with Crippen LogP contribution in [0.25, 0.3) is 0 Å². The Hall–Kier alpha value is -1.52. The highest BCUT2D eigenvalue weighted by atomic mass is 32.1. The molecule has 2 aromatic rings. The second kappa shape index (κ2) is 6.59. The normalized spacial score (nSPS) is 10.9. The van der Waals surface area contributed by atoms with E-state index >= 15 is 0 Å². The van der Waals surface area contributed by atoms with Gasteiger partial charge in [-0.3, -0.25) is 4.90 Å². The number of anilines is 1. The molecular weight excluding hydrogens is 256 g/mol. The number of nitrogens with two attached hydrogens (primary N) is 1. The maximum atomic E-state index is 5.89. The van der Waals surface area contributed by atoms with Gasteiger partial charge in [0.2, 0.25) is 0 Å². The standard InChI is InChI=1S/C15H20N2OS/c1-3-17(11-15-5-4-6-19-15)10-12-7-13(16)9-14(8-12)18-2/h4-9H,3,10-11,16H2,1-2H3. The number of methoxy groups -OCH3 is 1. The van der Waals surface area contributed by atoms with Gasteiger partial charge in [-0.2, -0.15) is 0 Å². The smallest absolute Gasteiger partial charge is 0.121 e. The molecule has 3 nitrogen and oxygen atoms in total. The summed E-state index contributed by atoms with van der Waals surface area (Å²) in [6.45, 7) is 5.05. The Morgan fingerprint density at radius 1 is 1.26 bits per heavy atom. The van der Waals surface area contributed by atoms with E-state index in [4.69, 9.17) is 10.5 Å². The van der Waals surface area contributed by atoms with E-state index < -0.39 is 0 Å². The highest BCUT2D eigenvalue weighted by Gasteiger charge is 2.07. The molecule has 19 heavy (non-hydrogen) atoms. The van der Waals surface area contributed by atoms with Crippen LogP contribution in [-0.4, -0.2) is 18.6 Å². The van der Waals surface area contributed by atoms with Gasteiger partial charge < -0.3 is 10.5 Å². The predicted octanol–water partition coefficient (Wildman–Crippen LogP) is 3.36. The number of hydrogen-bond acceptors (Lipinski definition) is 4. The predicted molar refractivity (Wildman–Crippen MR) is 81.5 cm³/mol. The van der Waals surface area contributed by atoms with Gasteiger partial charge in [0.15, 0.2) is 0 Å². The van der Waals surface area contributed by atoms with Crippen LogP contribution < -0.4 is 10.5 Å². The van der Waals surface area contributed by atoms with Crippen LogP contribution >= 0.6 is 11.3 Å². The summed E-state index contributed by atoms with van der Waals surface area (Å²) >= 11 is 1.80. The average molecular weight is 276 g/mol. The van der Waals surface area contributed by atoms with Crippen molar-refractivity contribution in [3.8, 4) is 5.75 Å². The third-order valence-corrected chi connectivity index (χ3v) is 3.90. The van der Waals surface area contributed by atoms with Crippen LogP contribution in [0, 0.1) is 0 Å². The first-order valence-electron chi connectivity index (χ1n) is 6.39. The van der Waals surface area contributed by atoms with Crippen molar-refractivity contribution < 1.29 is 4.74 Å². The minimum Gasteiger partial charge on any atom is -0.497 e. The Morgan fingerprint density at radius 3 is 2.74 bits per heavy atom. The van der Waals surface area contributed by atoms with Crippen molar-refractivity contribution in [2.75, 3.05) is 19.4 Å². The Balaban J connectivity index is 2.07. The number of rotatable bonds is 6. The Labute approximate surface area is 118 Å². The summed E-state index contributed by atoms with van der Waals surface area (Å²) in [6, 6.07) is 10.2. The fourth-order valence-corrected chi connectivity index (χ4v) is 2.80.